The molecule has 0 aliphatic rings. The van der Waals surface area contributed by atoms with Crippen LogP contribution in [-0.4, -0.2) is 4.98 Å². The zero-order valence-electron chi connectivity index (χ0n) is 22.6. The van der Waals surface area contributed by atoms with Crippen LogP contribution in [0.1, 0.15) is 5.56 Å². The minimum atomic E-state index is 1.03. The van der Waals surface area contributed by atoms with Gasteiger partial charge in [-0.05, 0) is 90.1 Å². The lowest BCUT2D eigenvalue weighted by Crippen LogP contribution is -1.93. The summed E-state index contributed by atoms with van der Waals surface area (Å²) in [7, 11) is 0. The molecule has 0 radical (unpaired) electrons. The van der Waals surface area contributed by atoms with E-state index in [-0.39, 0.29) is 0 Å². The van der Waals surface area contributed by atoms with Crippen LogP contribution in [0.5, 0.6) is 0 Å². The average molecular weight is 520 g/mol. The maximum atomic E-state index is 5.01. The molecule has 8 aromatic carbocycles. The van der Waals surface area contributed by atoms with Gasteiger partial charge in [0.05, 0.1) is 11.0 Å². The molecule has 0 aliphatic heterocycles. The molecule has 0 saturated heterocycles. The Morgan fingerprint density at radius 2 is 0.756 bits per heavy atom. The zero-order chi connectivity index (χ0) is 27.1. The van der Waals surface area contributed by atoms with E-state index in [0.717, 1.165) is 11.0 Å². The molecule has 0 aliphatic carbocycles. The maximum Gasteiger partial charge on any atom is 0.0715 e. The highest BCUT2D eigenvalue weighted by molar-refractivity contribution is 6.40. The van der Waals surface area contributed by atoms with Gasteiger partial charge < -0.3 is 0 Å². The van der Waals surface area contributed by atoms with Crippen molar-refractivity contribution < 1.29 is 0 Å². The largest absolute Gasteiger partial charge is 0.248 e. The fraction of sp³-hybridized carbons (Fsp3) is 0.0250. The minimum Gasteiger partial charge on any atom is -0.248 e. The smallest absolute Gasteiger partial charge is 0.0715 e. The average Bonchev–Trinajstić information content (AvgIpc) is 3.03. The Morgan fingerprint density at radius 3 is 1.29 bits per heavy atom. The van der Waals surface area contributed by atoms with Gasteiger partial charge in [0.1, 0.15) is 0 Å². The fourth-order valence-electron chi connectivity index (χ4n) is 7.26. The third-order valence-corrected chi connectivity index (χ3v) is 8.88. The van der Waals surface area contributed by atoms with E-state index in [9.17, 15) is 0 Å². The SMILES string of the molecule is Cc1cc(-c2c3ccccc3nc3ccccc23)cc2c1c1ccccc1c1c3ccccc3c3ccccc3c21. The summed E-state index contributed by atoms with van der Waals surface area (Å²) in [6, 6.07) is 48.7. The predicted molar refractivity (Wildman–Crippen MR) is 177 cm³/mol. The van der Waals surface area contributed by atoms with Gasteiger partial charge in [0.25, 0.3) is 0 Å². The molecule has 0 spiro atoms. The predicted octanol–water partition coefficient (Wildman–Crippen LogP) is 11.1. The number of pyridine rings is 1. The summed E-state index contributed by atoms with van der Waals surface area (Å²) < 4.78 is 0. The Morgan fingerprint density at radius 1 is 0.366 bits per heavy atom. The Kier molecular flexibility index (Phi) is 4.60. The monoisotopic (exact) mass is 519 g/mol. The van der Waals surface area contributed by atoms with Crippen molar-refractivity contribution in [3.63, 3.8) is 0 Å². The standard InChI is InChI=1S/C40H25N/c1-24-22-25(38-32-18-8-10-20-35(32)41-36-21-11-9-19-33(36)38)23-34-37(24)30-16-6-7-17-31(30)39-28-14-4-2-12-26(28)27-13-3-5-15-29(27)40(34)39/h2-23H,1H3. The molecule has 41 heavy (non-hydrogen) atoms. The molecule has 0 atom stereocenters. The van der Waals surface area contributed by atoms with Crippen molar-refractivity contribution in [3.8, 4) is 11.1 Å². The van der Waals surface area contributed by atoms with E-state index in [1.807, 2.05) is 0 Å². The molecular formula is C40H25N. The van der Waals surface area contributed by atoms with Crippen LogP contribution in [0.25, 0.3) is 86.8 Å². The molecule has 9 aromatic rings. The second-order valence-corrected chi connectivity index (χ2v) is 11.1. The summed E-state index contributed by atoms with van der Waals surface area (Å²) in [5.74, 6) is 0. The van der Waals surface area contributed by atoms with Gasteiger partial charge in [0.2, 0.25) is 0 Å². The summed E-state index contributed by atoms with van der Waals surface area (Å²) in [5.41, 5.74) is 5.83. The van der Waals surface area contributed by atoms with Crippen molar-refractivity contribution in [3.05, 3.63) is 139 Å². The Labute approximate surface area is 237 Å². The Bertz CT molecular complexity index is 2480. The van der Waals surface area contributed by atoms with Crippen LogP contribution in [0.4, 0.5) is 0 Å². The van der Waals surface area contributed by atoms with Gasteiger partial charge in [0.15, 0.2) is 0 Å². The molecule has 0 fully saturated rings. The molecule has 9 rings (SSSR count). The summed E-state index contributed by atoms with van der Waals surface area (Å²) in [5, 5.41) is 15.5. The number of hydrogen-bond donors (Lipinski definition) is 0. The van der Waals surface area contributed by atoms with Gasteiger partial charge in [-0.1, -0.05) is 115 Å². The van der Waals surface area contributed by atoms with Crippen LogP contribution < -0.4 is 0 Å². The highest BCUT2D eigenvalue weighted by atomic mass is 14.7. The van der Waals surface area contributed by atoms with Crippen molar-refractivity contribution in [2.45, 2.75) is 6.92 Å². The lowest BCUT2D eigenvalue weighted by Gasteiger charge is -2.19. The molecule has 0 amide bonds. The van der Waals surface area contributed by atoms with Crippen LogP contribution >= 0.6 is 0 Å². The van der Waals surface area contributed by atoms with E-state index in [4.69, 9.17) is 4.98 Å². The van der Waals surface area contributed by atoms with Gasteiger partial charge >= 0.3 is 0 Å². The molecule has 1 heteroatoms. The van der Waals surface area contributed by atoms with Crippen LogP contribution in [0.2, 0.25) is 0 Å². The summed E-state index contributed by atoms with van der Waals surface area (Å²) in [4.78, 5) is 5.01. The van der Waals surface area contributed by atoms with Crippen LogP contribution in [0.15, 0.2) is 133 Å². The van der Waals surface area contributed by atoms with E-state index in [2.05, 4.69) is 140 Å². The normalized spacial score (nSPS) is 12.0. The van der Waals surface area contributed by atoms with E-state index in [1.165, 1.54) is 81.3 Å². The lowest BCUT2D eigenvalue weighted by molar-refractivity contribution is 1.49. The van der Waals surface area contributed by atoms with Gasteiger partial charge in [-0.25, -0.2) is 4.98 Å². The zero-order valence-corrected chi connectivity index (χ0v) is 22.6. The van der Waals surface area contributed by atoms with Crippen molar-refractivity contribution >= 4 is 75.7 Å². The first-order chi connectivity index (χ1) is 20.3. The fourth-order valence-corrected chi connectivity index (χ4v) is 7.26. The maximum absolute atomic E-state index is 5.01. The summed E-state index contributed by atoms with van der Waals surface area (Å²) in [6.45, 7) is 2.28. The van der Waals surface area contributed by atoms with Crippen molar-refractivity contribution in [2.24, 2.45) is 0 Å². The molecule has 0 unspecified atom stereocenters. The molecule has 190 valence electrons. The Balaban J connectivity index is 1.58. The molecule has 1 nitrogen and oxygen atoms in total. The van der Waals surface area contributed by atoms with Crippen LogP contribution in [-0.2, 0) is 0 Å². The topological polar surface area (TPSA) is 12.9 Å². The molecular weight excluding hydrogens is 494 g/mol. The van der Waals surface area contributed by atoms with E-state index < -0.39 is 0 Å². The van der Waals surface area contributed by atoms with Crippen molar-refractivity contribution in [2.75, 3.05) is 0 Å². The van der Waals surface area contributed by atoms with Gasteiger partial charge in [0, 0.05) is 16.3 Å². The third kappa shape index (κ3) is 3.09. The third-order valence-electron chi connectivity index (χ3n) is 8.88. The van der Waals surface area contributed by atoms with Crippen molar-refractivity contribution in [1.82, 2.24) is 4.98 Å². The highest BCUT2D eigenvalue weighted by Crippen LogP contribution is 2.46. The molecule has 1 aromatic heterocycles. The first-order valence-electron chi connectivity index (χ1n) is 14.2. The number of aromatic nitrogens is 1. The van der Waals surface area contributed by atoms with E-state index in [0.29, 0.717) is 0 Å². The summed E-state index contributed by atoms with van der Waals surface area (Å²) in [6.07, 6.45) is 0. The number of fused-ring (bicyclic) bond motifs is 13. The van der Waals surface area contributed by atoms with Crippen LogP contribution in [0.3, 0.4) is 0 Å². The first kappa shape index (κ1) is 22.5. The number of rotatable bonds is 1. The quantitative estimate of drug-likeness (QED) is 0.155. The van der Waals surface area contributed by atoms with E-state index in [1.54, 1.807) is 0 Å². The minimum absolute atomic E-state index is 1.03. The van der Waals surface area contributed by atoms with E-state index >= 15 is 0 Å². The molecule has 0 N–H and O–H groups in total. The summed E-state index contributed by atoms with van der Waals surface area (Å²) >= 11 is 0. The first-order valence-corrected chi connectivity index (χ1v) is 14.2. The van der Waals surface area contributed by atoms with Crippen molar-refractivity contribution in [1.29, 1.82) is 0 Å². The lowest BCUT2D eigenvalue weighted by atomic mass is 9.84. The number of hydrogen-bond acceptors (Lipinski definition) is 1. The molecule has 0 saturated carbocycles. The number of benzene rings is 8. The van der Waals surface area contributed by atoms with Gasteiger partial charge in [-0.15, -0.1) is 0 Å². The second-order valence-electron chi connectivity index (χ2n) is 11.1. The van der Waals surface area contributed by atoms with Gasteiger partial charge in [-0.3, -0.25) is 0 Å². The molecule has 0 bridgehead atoms. The number of aryl methyl sites for hydroxylation is 1. The Hall–Kier alpha value is -5.27. The van der Waals surface area contributed by atoms with Crippen LogP contribution in [0, 0.1) is 6.92 Å². The number of nitrogens with zero attached hydrogens (tertiary/aromatic N) is 1. The van der Waals surface area contributed by atoms with Gasteiger partial charge in [-0.2, -0.15) is 0 Å². The molecule has 1 heterocycles. The highest BCUT2D eigenvalue weighted by Gasteiger charge is 2.19. The number of para-hydroxylation sites is 2. The second kappa shape index (κ2) is 8.36.